The van der Waals surface area contributed by atoms with Crippen molar-refractivity contribution >= 4 is 29.6 Å². The maximum absolute atomic E-state index is 13.6. The fourth-order valence-electron chi connectivity index (χ4n) is 4.39. The Morgan fingerprint density at radius 1 is 0.897 bits per heavy atom. The first kappa shape index (κ1) is 29.1. The molecule has 3 atom stereocenters. The molecular formula is C27H33N5O7. The molecule has 39 heavy (non-hydrogen) atoms. The quantitative estimate of drug-likeness (QED) is 0.204. The number of carboxylic acids is 1. The largest absolute Gasteiger partial charge is 0.508 e. The number of amides is 4. The van der Waals surface area contributed by atoms with Crippen LogP contribution in [0.1, 0.15) is 24.0 Å². The number of rotatable bonds is 12. The number of nitrogens with one attached hydrogen (secondary N) is 3. The van der Waals surface area contributed by atoms with E-state index in [1.807, 2.05) is 6.07 Å². The molecule has 1 aliphatic rings. The van der Waals surface area contributed by atoms with Gasteiger partial charge in [-0.3, -0.25) is 19.2 Å². The molecule has 0 saturated carbocycles. The highest BCUT2D eigenvalue weighted by molar-refractivity contribution is 5.94. The number of phenols is 1. The van der Waals surface area contributed by atoms with Crippen LogP contribution in [0.5, 0.6) is 5.75 Å². The SMILES string of the molecule is NCC(=O)NCC(=O)N[C@H](Cc1ccccc1)C(=O)N1CCC[C@H]1C(=O)N[C@H](Cc1ccc(O)cc1)C(=O)O. The number of carbonyl (C=O) groups is 5. The monoisotopic (exact) mass is 539 g/mol. The van der Waals surface area contributed by atoms with Crippen LogP contribution in [0, 0.1) is 0 Å². The summed E-state index contributed by atoms with van der Waals surface area (Å²) in [6, 6.07) is 11.8. The second-order valence-electron chi connectivity index (χ2n) is 9.25. The van der Waals surface area contributed by atoms with Crippen molar-refractivity contribution in [2.24, 2.45) is 5.73 Å². The molecule has 12 heteroatoms. The van der Waals surface area contributed by atoms with E-state index >= 15 is 0 Å². The Labute approximate surface area is 225 Å². The topological polar surface area (TPSA) is 191 Å². The number of aromatic hydroxyl groups is 1. The number of carboxylic acid groups (broad SMARTS) is 1. The van der Waals surface area contributed by atoms with E-state index in [-0.39, 0.29) is 38.2 Å². The van der Waals surface area contributed by atoms with Crippen LogP contribution in [-0.2, 0) is 36.8 Å². The van der Waals surface area contributed by atoms with Gasteiger partial charge < -0.3 is 36.8 Å². The summed E-state index contributed by atoms with van der Waals surface area (Å²) in [5, 5.41) is 26.7. The van der Waals surface area contributed by atoms with Crippen LogP contribution < -0.4 is 21.7 Å². The molecule has 3 rings (SSSR count). The lowest BCUT2D eigenvalue weighted by Gasteiger charge is -2.29. The molecule has 0 aromatic heterocycles. The molecule has 208 valence electrons. The number of likely N-dealkylation sites (tertiary alicyclic amines) is 1. The lowest BCUT2D eigenvalue weighted by molar-refractivity contribution is -0.144. The fraction of sp³-hybridized carbons (Fsp3) is 0.370. The highest BCUT2D eigenvalue weighted by Crippen LogP contribution is 2.20. The van der Waals surface area contributed by atoms with Gasteiger partial charge in [0, 0.05) is 19.4 Å². The average molecular weight is 540 g/mol. The van der Waals surface area contributed by atoms with Crippen LogP contribution in [0.2, 0.25) is 0 Å². The van der Waals surface area contributed by atoms with Gasteiger partial charge in [-0.05, 0) is 36.1 Å². The summed E-state index contributed by atoms with van der Waals surface area (Å²) in [4.78, 5) is 64.0. The molecule has 4 amide bonds. The molecule has 0 aliphatic carbocycles. The maximum atomic E-state index is 13.6. The third kappa shape index (κ3) is 8.54. The molecule has 1 aliphatic heterocycles. The average Bonchev–Trinajstić information content (AvgIpc) is 3.42. The zero-order valence-corrected chi connectivity index (χ0v) is 21.3. The van der Waals surface area contributed by atoms with Crippen LogP contribution in [0.25, 0.3) is 0 Å². The Hall–Kier alpha value is -4.45. The molecule has 0 unspecified atom stereocenters. The summed E-state index contributed by atoms with van der Waals surface area (Å²) in [5.74, 6) is -3.40. The van der Waals surface area contributed by atoms with Crippen molar-refractivity contribution < 1.29 is 34.2 Å². The summed E-state index contributed by atoms with van der Waals surface area (Å²) in [6.45, 7) is -0.387. The number of carbonyl (C=O) groups excluding carboxylic acids is 4. The molecule has 12 nitrogen and oxygen atoms in total. The highest BCUT2D eigenvalue weighted by atomic mass is 16.4. The Kier molecular flexibility index (Phi) is 10.4. The van der Waals surface area contributed by atoms with Crippen LogP contribution in [0.15, 0.2) is 54.6 Å². The van der Waals surface area contributed by atoms with Crippen LogP contribution in [0.3, 0.4) is 0 Å². The van der Waals surface area contributed by atoms with E-state index in [0.717, 1.165) is 5.56 Å². The minimum atomic E-state index is -1.24. The fourth-order valence-corrected chi connectivity index (χ4v) is 4.39. The number of nitrogens with two attached hydrogens (primary N) is 1. The Bertz CT molecular complexity index is 1170. The maximum Gasteiger partial charge on any atom is 0.326 e. The van der Waals surface area contributed by atoms with E-state index < -0.39 is 47.7 Å². The van der Waals surface area contributed by atoms with E-state index in [9.17, 15) is 34.2 Å². The molecule has 7 N–H and O–H groups in total. The molecule has 0 bridgehead atoms. The van der Waals surface area contributed by atoms with Crippen molar-refractivity contribution in [3.05, 3.63) is 65.7 Å². The van der Waals surface area contributed by atoms with Crippen molar-refractivity contribution in [1.29, 1.82) is 0 Å². The number of benzene rings is 2. The molecule has 1 heterocycles. The first-order valence-electron chi connectivity index (χ1n) is 12.6. The summed E-state index contributed by atoms with van der Waals surface area (Å²) in [6.07, 6.45) is 1.00. The van der Waals surface area contributed by atoms with E-state index in [0.29, 0.717) is 18.4 Å². The minimum Gasteiger partial charge on any atom is -0.508 e. The summed E-state index contributed by atoms with van der Waals surface area (Å²) < 4.78 is 0. The van der Waals surface area contributed by atoms with Gasteiger partial charge in [0.2, 0.25) is 23.6 Å². The lowest BCUT2D eigenvalue weighted by atomic mass is 10.0. The Morgan fingerprint density at radius 3 is 2.18 bits per heavy atom. The second kappa shape index (κ2) is 13.9. The van der Waals surface area contributed by atoms with Crippen molar-refractivity contribution in [3.8, 4) is 5.75 Å². The molecule has 2 aromatic carbocycles. The predicted molar refractivity (Wildman–Crippen MR) is 140 cm³/mol. The van der Waals surface area contributed by atoms with Gasteiger partial charge in [0.05, 0.1) is 13.1 Å². The van der Waals surface area contributed by atoms with Crippen LogP contribution >= 0.6 is 0 Å². The number of phenolic OH excluding ortho intramolecular Hbond substituents is 1. The molecule has 1 saturated heterocycles. The summed E-state index contributed by atoms with van der Waals surface area (Å²) >= 11 is 0. The lowest BCUT2D eigenvalue weighted by Crippen LogP contribution is -2.56. The van der Waals surface area contributed by atoms with Gasteiger partial charge >= 0.3 is 5.97 Å². The molecular weight excluding hydrogens is 506 g/mol. The van der Waals surface area contributed by atoms with Crippen molar-refractivity contribution in [1.82, 2.24) is 20.9 Å². The van der Waals surface area contributed by atoms with Gasteiger partial charge in [0.25, 0.3) is 0 Å². The smallest absolute Gasteiger partial charge is 0.326 e. The number of nitrogens with zero attached hydrogens (tertiary/aromatic N) is 1. The second-order valence-corrected chi connectivity index (χ2v) is 9.25. The van der Waals surface area contributed by atoms with Gasteiger partial charge in [-0.25, -0.2) is 4.79 Å². The highest BCUT2D eigenvalue weighted by Gasteiger charge is 2.39. The third-order valence-corrected chi connectivity index (χ3v) is 6.38. The van der Waals surface area contributed by atoms with Gasteiger partial charge in [0.15, 0.2) is 0 Å². The van der Waals surface area contributed by atoms with Crippen molar-refractivity contribution in [2.45, 2.75) is 43.8 Å². The number of hydrogen-bond acceptors (Lipinski definition) is 7. The molecule has 0 spiro atoms. The standard InChI is InChI=1S/C27H33N5O7/c28-15-23(34)29-16-24(35)30-20(13-17-5-2-1-3-6-17)26(37)32-12-4-7-22(32)25(36)31-21(27(38)39)14-18-8-10-19(33)11-9-18/h1-3,5-6,8-11,20-22,33H,4,7,12-16,28H2,(H,29,34)(H,30,35)(H,31,36)(H,38,39)/t20-,21-,22+/m1/s1. The summed E-state index contributed by atoms with van der Waals surface area (Å²) in [5.41, 5.74) is 6.63. The Balaban J connectivity index is 1.72. The van der Waals surface area contributed by atoms with Gasteiger partial charge in [-0.2, -0.15) is 0 Å². The van der Waals surface area contributed by atoms with Crippen LogP contribution in [0.4, 0.5) is 0 Å². The Morgan fingerprint density at radius 2 is 1.54 bits per heavy atom. The van der Waals surface area contributed by atoms with Crippen molar-refractivity contribution in [2.75, 3.05) is 19.6 Å². The number of aliphatic carboxylic acids is 1. The predicted octanol–water partition coefficient (Wildman–Crippen LogP) is -0.702. The van der Waals surface area contributed by atoms with Crippen molar-refractivity contribution in [3.63, 3.8) is 0 Å². The van der Waals surface area contributed by atoms with Gasteiger partial charge in [-0.1, -0.05) is 42.5 Å². The normalized spacial score (nSPS) is 16.1. The van der Waals surface area contributed by atoms with E-state index in [1.165, 1.54) is 17.0 Å². The zero-order valence-electron chi connectivity index (χ0n) is 21.3. The van der Waals surface area contributed by atoms with Crippen LogP contribution in [-0.4, -0.2) is 82.5 Å². The minimum absolute atomic E-state index is 0.0107. The first-order valence-corrected chi connectivity index (χ1v) is 12.6. The third-order valence-electron chi connectivity index (χ3n) is 6.38. The zero-order chi connectivity index (χ0) is 28.4. The van der Waals surface area contributed by atoms with E-state index in [1.54, 1.807) is 36.4 Å². The molecule has 1 fully saturated rings. The number of hydrogen-bond donors (Lipinski definition) is 6. The van der Waals surface area contributed by atoms with Gasteiger partial charge in [0.1, 0.15) is 23.9 Å². The van der Waals surface area contributed by atoms with E-state index in [2.05, 4.69) is 16.0 Å². The molecule has 2 aromatic rings. The summed E-state index contributed by atoms with van der Waals surface area (Å²) in [7, 11) is 0. The molecule has 0 radical (unpaired) electrons. The van der Waals surface area contributed by atoms with Gasteiger partial charge in [-0.15, -0.1) is 0 Å². The van der Waals surface area contributed by atoms with E-state index in [4.69, 9.17) is 5.73 Å². The first-order chi connectivity index (χ1) is 18.7.